The van der Waals surface area contributed by atoms with Gasteiger partial charge in [-0.05, 0) is 55.5 Å². The fraction of sp³-hybridized carbons (Fsp3) is 0.348. The lowest BCUT2D eigenvalue weighted by Gasteiger charge is -2.28. The predicted molar refractivity (Wildman–Crippen MR) is 114 cm³/mol. The van der Waals surface area contributed by atoms with Gasteiger partial charge in [0.25, 0.3) is 0 Å². The number of nitrogens with zero attached hydrogens (tertiary/aromatic N) is 3. The van der Waals surface area contributed by atoms with Crippen LogP contribution in [0, 0.1) is 0 Å². The van der Waals surface area contributed by atoms with Gasteiger partial charge in [0.05, 0.1) is 29.9 Å². The van der Waals surface area contributed by atoms with E-state index in [2.05, 4.69) is 40.9 Å². The minimum absolute atomic E-state index is 0.710. The third kappa shape index (κ3) is 2.78. The number of fused-ring (bicyclic) bond motifs is 3. The third-order valence-electron chi connectivity index (χ3n) is 6.00. The van der Waals surface area contributed by atoms with Crippen LogP contribution in [0.5, 0.6) is 0 Å². The highest BCUT2D eigenvalue weighted by Crippen LogP contribution is 2.40. The molecule has 5 nitrogen and oxygen atoms in total. The zero-order chi connectivity index (χ0) is 19.1. The number of nitrogens with one attached hydrogen (secondary N) is 1. The summed E-state index contributed by atoms with van der Waals surface area (Å²) in [5, 5.41) is 4.06. The Balaban J connectivity index is 1.48. The molecule has 2 aromatic carbocycles. The molecule has 1 saturated carbocycles. The van der Waals surface area contributed by atoms with Crippen molar-refractivity contribution in [3.05, 3.63) is 65.7 Å². The lowest BCUT2D eigenvalue weighted by atomic mass is 9.84. The first kappa shape index (κ1) is 17.3. The molecule has 1 N–H and O–H groups in total. The zero-order valence-electron chi connectivity index (χ0n) is 16.5. The van der Waals surface area contributed by atoms with Gasteiger partial charge in [-0.2, -0.15) is 0 Å². The van der Waals surface area contributed by atoms with Gasteiger partial charge in [-0.25, -0.2) is 15.0 Å². The smallest absolute Gasteiger partial charge is 0.238 e. The second-order valence-electron chi connectivity index (χ2n) is 7.74. The van der Waals surface area contributed by atoms with Crippen LogP contribution in [0.2, 0.25) is 0 Å². The van der Waals surface area contributed by atoms with Gasteiger partial charge in [-0.1, -0.05) is 43.5 Å². The Morgan fingerprint density at radius 3 is 2.46 bits per heavy atom. The van der Waals surface area contributed by atoms with Crippen LogP contribution >= 0.6 is 0 Å². The molecule has 28 heavy (non-hydrogen) atoms. The van der Waals surface area contributed by atoms with E-state index in [9.17, 15) is 0 Å². The number of hydrogen-bond donors (Lipinski definition) is 1. The van der Waals surface area contributed by atoms with Gasteiger partial charge in [-0.15, -0.1) is 5.53 Å². The highest BCUT2D eigenvalue weighted by molar-refractivity contribution is 6.08. The summed E-state index contributed by atoms with van der Waals surface area (Å²) < 4.78 is 5.80. The molecule has 0 radical (unpaired) electrons. The van der Waals surface area contributed by atoms with Gasteiger partial charge >= 0.3 is 0 Å². The summed E-state index contributed by atoms with van der Waals surface area (Å²) in [5.74, 6) is 1.48. The van der Waals surface area contributed by atoms with Gasteiger partial charge in [0.15, 0.2) is 0 Å². The second-order valence-corrected chi connectivity index (χ2v) is 7.74. The number of rotatable bonds is 3. The van der Waals surface area contributed by atoms with Crippen LogP contribution in [0.15, 0.2) is 65.1 Å². The van der Waals surface area contributed by atoms with Crippen molar-refractivity contribution in [1.82, 2.24) is 5.53 Å². The molecule has 2 aromatic rings. The van der Waals surface area contributed by atoms with Crippen molar-refractivity contribution in [2.75, 3.05) is 17.1 Å². The summed E-state index contributed by atoms with van der Waals surface area (Å²) in [6.07, 6.45) is 6.72. The Bertz CT molecular complexity index is 941. The van der Waals surface area contributed by atoms with Crippen molar-refractivity contribution in [2.45, 2.75) is 44.9 Å². The number of hydrogen-bond acceptors (Lipinski definition) is 5. The van der Waals surface area contributed by atoms with E-state index >= 15 is 0 Å². The third-order valence-corrected chi connectivity index (χ3v) is 6.00. The SMILES string of the molecule is COC1=C2C(C)=Nc3ccccc3N2NN1c1ccc(C2CCCCC2)cc1. The Morgan fingerprint density at radius 1 is 0.964 bits per heavy atom. The van der Waals surface area contributed by atoms with E-state index in [0.29, 0.717) is 5.92 Å². The van der Waals surface area contributed by atoms with E-state index in [-0.39, 0.29) is 0 Å². The highest BCUT2D eigenvalue weighted by Gasteiger charge is 2.37. The van der Waals surface area contributed by atoms with Gasteiger partial charge < -0.3 is 4.74 Å². The van der Waals surface area contributed by atoms with Crippen LogP contribution in [-0.4, -0.2) is 12.8 Å². The lowest BCUT2D eigenvalue weighted by Crippen LogP contribution is -2.43. The second kappa shape index (κ2) is 6.99. The van der Waals surface area contributed by atoms with Gasteiger partial charge in [0.1, 0.15) is 5.70 Å². The summed E-state index contributed by atoms with van der Waals surface area (Å²) in [7, 11) is 1.71. The number of anilines is 2. The monoisotopic (exact) mass is 374 g/mol. The first-order chi connectivity index (χ1) is 13.8. The van der Waals surface area contributed by atoms with Crippen molar-refractivity contribution >= 4 is 22.8 Å². The van der Waals surface area contributed by atoms with Crippen LogP contribution in [0.25, 0.3) is 0 Å². The van der Waals surface area contributed by atoms with E-state index < -0.39 is 0 Å². The zero-order valence-corrected chi connectivity index (χ0v) is 16.5. The summed E-state index contributed by atoms with van der Waals surface area (Å²) in [6.45, 7) is 2.02. The maximum Gasteiger partial charge on any atom is 0.238 e. The van der Waals surface area contributed by atoms with Gasteiger partial charge in [0, 0.05) is 0 Å². The van der Waals surface area contributed by atoms with Gasteiger partial charge in [-0.3, -0.25) is 0 Å². The average Bonchev–Trinajstić information content (AvgIpc) is 3.15. The van der Waals surface area contributed by atoms with E-state index in [1.165, 1.54) is 37.7 Å². The molecule has 144 valence electrons. The van der Waals surface area contributed by atoms with Crippen LogP contribution in [0.4, 0.5) is 17.1 Å². The van der Waals surface area contributed by atoms with Crippen molar-refractivity contribution in [3.63, 3.8) is 0 Å². The summed E-state index contributed by atoms with van der Waals surface area (Å²) >= 11 is 0. The molecule has 3 aliphatic rings. The number of para-hydroxylation sites is 2. The first-order valence-corrected chi connectivity index (χ1v) is 10.2. The number of ether oxygens (including phenoxy) is 1. The van der Waals surface area contributed by atoms with Crippen LogP contribution in [0.1, 0.15) is 50.5 Å². The maximum absolute atomic E-state index is 5.80. The van der Waals surface area contributed by atoms with Gasteiger partial charge in [0.2, 0.25) is 5.88 Å². The molecule has 0 bridgehead atoms. The normalized spacial score (nSPS) is 19.4. The average molecular weight is 374 g/mol. The molecular formula is C23H26N4O. The van der Waals surface area contributed by atoms with Crippen molar-refractivity contribution in [1.29, 1.82) is 0 Å². The van der Waals surface area contributed by atoms with Crippen LogP contribution in [0.3, 0.4) is 0 Å². The predicted octanol–water partition coefficient (Wildman–Crippen LogP) is 5.40. The molecule has 0 atom stereocenters. The molecule has 0 saturated heterocycles. The molecule has 2 heterocycles. The molecular weight excluding hydrogens is 348 g/mol. The summed E-state index contributed by atoms with van der Waals surface area (Å²) in [5.41, 5.74) is 9.87. The molecule has 0 spiro atoms. The van der Waals surface area contributed by atoms with Crippen molar-refractivity contribution in [3.8, 4) is 0 Å². The van der Waals surface area contributed by atoms with Crippen LogP contribution < -0.4 is 15.6 Å². The molecule has 5 rings (SSSR count). The van der Waals surface area contributed by atoms with E-state index in [0.717, 1.165) is 34.4 Å². The fourth-order valence-corrected chi connectivity index (χ4v) is 4.56. The Labute approximate surface area is 166 Å². The minimum Gasteiger partial charge on any atom is -0.480 e. The molecule has 1 aliphatic carbocycles. The van der Waals surface area contributed by atoms with E-state index in [1.54, 1.807) is 7.11 Å². The number of methoxy groups -OCH3 is 1. The van der Waals surface area contributed by atoms with Crippen LogP contribution in [-0.2, 0) is 4.74 Å². The molecule has 5 heteroatoms. The highest BCUT2D eigenvalue weighted by atomic mass is 16.5. The summed E-state index contributed by atoms with van der Waals surface area (Å²) in [4.78, 5) is 4.76. The topological polar surface area (TPSA) is 40.1 Å². The molecule has 0 aromatic heterocycles. The number of allylic oxidation sites excluding steroid dienone is 1. The van der Waals surface area contributed by atoms with E-state index in [1.807, 2.05) is 30.1 Å². The first-order valence-electron chi connectivity index (χ1n) is 10.2. The quantitative estimate of drug-likeness (QED) is 0.781. The Hall–Kier alpha value is -2.79. The van der Waals surface area contributed by atoms with Crippen molar-refractivity contribution in [2.24, 2.45) is 4.99 Å². The molecule has 0 unspecified atom stereocenters. The largest absolute Gasteiger partial charge is 0.480 e. The lowest BCUT2D eigenvalue weighted by molar-refractivity contribution is 0.278. The number of benzene rings is 2. The maximum atomic E-state index is 5.80. The standard InChI is InChI=1S/C23H26N4O/c1-16-22-23(28-2)26(25-27(22)21-11-7-6-10-20(21)24-16)19-14-12-18(13-15-19)17-8-4-3-5-9-17/h6-7,10-15,17,25H,3-5,8-9H2,1-2H3. The summed E-state index contributed by atoms with van der Waals surface area (Å²) in [6, 6.07) is 17.1. The number of hydrazine groups is 2. The minimum atomic E-state index is 0.710. The molecule has 1 fully saturated rings. The molecule has 0 amide bonds. The van der Waals surface area contributed by atoms with E-state index in [4.69, 9.17) is 9.73 Å². The van der Waals surface area contributed by atoms with Crippen molar-refractivity contribution < 1.29 is 4.74 Å². The number of aliphatic imine (C=N–C) groups is 1. The Morgan fingerprint density at radius 2 is 1.71 bits per heavy atom. The fourth-order valence-electron chi connectivity index (χ4n) is 4.56. The Kier molecular flexibility index (Phi) is 4.32. The molecule has 2 aliphatic heterocycles.